The Morgan fingerprint density at radius 1 is 1.00 bits per heavy atom. The van der Waals surface area contributed by atoms with Crippen LogP contribution in [0.2, 0.25) is 0 Å². The van der Waals surface area contributed by atoms with Crippen LogP contribution in [0.1, 0.15) is 41.7 Å². The Bertz CT molecular complexity index is 733. The van der Waals surface area contributed by atoms with Crippen molar-refractivity contribution in [3.05, 3.63) is 11.3 Å². The van der Waals surface area contributed by atoms with Crippen molar-refractivity contribution in [3.8, 4) is 0 Å². The number of nitrogens with one attached hydrogen (secondary N) is 1. The van der Waals surface area contributed by atoms with Gasteiger partial charge in [0, 0.05) is 46.3 Å². The number of rotatable bonds is 4. The maximum atomic E-state index is 12.9. The van der Waals surface area contributed by atoms with Gasteiger partial charge >= 0.3 is 0 Å². The average molecular weight is 402 g/mol. The van der Waals surface area contributed by atoms with Gasteiger partial charge in [0.15, 0.2) is 0 Å². The normalized spacial score (nSPS) is 20.8. The lowest BCUT2D eigenvalue weighted by molar-refractivity contribution is 0.0694. The van der Waals surface area contributed by atoms with Gasteiger partial charge in [0.1, 0.15) is 5.00 Å². The number of carbonyl (C=O) groups is 1. The molecule has 2 aliphatic heterocycles. The standard InChI is InChI=1S/C16H27N5O3S2/c1-13-14(15(17-2)25-18-13)16(22)19-9-11-21(12-10-19)26(23,24)20-7-5-3-4-6-8-20/h17H,3-12H2,1-2H3. The highest BCUT2D eigenvalue weighted by Gasteiger charge is 2.34. The molecule has 0 saturated carbocycles. The molecule has 2 aliphatic rings. The summed E-state index contributed by atoms with van der Waals surface area (Å²) in [5.41, 5.74) is 1.31. The molecule has 0 aromatic carbocycles. The van der Waals surface area contributed by atoms with E-state index in [0.29, 0.717) is 50.5 Å². The fourth-order valence-electron chi connectivity index (χ4n) is 3.51. The lowest BCUT2D eigenvalue weighted by Crippen LogP contribution is -2.54. The lowest BCUT2D eigenvalue weighted by Gasteiger charge is -2.36. The molecule has 26 heavy (non-hydrogen) atoms. The fourth-order valence-corrected chi connectivity index (χ4v) is 5.92. The van der Waals surface area contributed by atoms with Gasteiger partial charge in [0.25, 0.3) is 16.1 Å². The summed E-state index contributed by atoms with van der Waals surface area (Å²) in [6.07, 6.45) is 4.04. The Hall–Kier alpha value is -1.23. The monoisotopic (exact) mass is 401 g/mol. The topological polar surface area (TPSA) is 85.9 Å². The number of nitrogens with zero attached hydrogens (tertiary/aromatic N) is 4. The summed E-state index contributed by atoms with van der Waals surface area (Å²) in [5, 5.41) is 3.77. The summed E-state index contributed by atoms with van der Waals surface area (Å²) in [6.45, 7) is 4.53. The molecule has 0 bridgehead atoms. The highest BCUT2D eigenvalue weighted by atomic mass is 32.2. The number of piperazine rings is 1. The maximum absolute atomic E-state index is 12.9. The van der Waals surface area contributed by atoms with Crippen LogP contribution in [0.4, 0.5) is 5.00 Å². The van der Waals surface area contributed by atoms with E-state index in [2.05, 4.69) is 9.69 Å². The molecular weight excluding hydrogens is 374 g/mol. The zero-order valence-electron chi connectivity index (χ0n) is 15.4. The molecule has 8 nitrogen and oxygen atoms in total. The van der Waals surface area contributed by atoms with E-state index < -0.39 is 10.2 Å². The Morgan fingerprint density at radius 3 is 2.15 bits per heavy atom. The zero-order valence-corrected chi connectivity index (χ0v) is 17.0. The minimum atomic E-state index is -3.43. The van der Waals surface area contributed by atoms with E-state index in [4.69, 9.17) is 0 Å². The smallest absolute Gasteiger partial charge is 0.282 e. The van der Waals surface area contributed by atoms with Crippen LogP contribution in [-0.2, 0) is 10.2 Å². The van der Waals surface area contributed by atoms with Crippen molar-refractivity contribution >= 4 is 32.7 Å². The fraction of sp³-hybridized carbons (Fsp3) is 0.750. The van der Waals surface area contributed by atoms with Crippen LogP contribution in [0.3, 0.4) is 0 Å². The van der Waals surface area contributed by atoms with E-state index in [0.717, 1.165) is 30.7 Å². The van der Waals surface area contributed by atoms with Crippen molar-refractivity contribution in [1.82, 2.24) is 17.9 Å². The van der Waals surface area contributed by atoms with Crippen LogP contribution in [0.15, 0.2) is 0 Å². The van der Waals surface area contributed by atoms with Crippen LogP contribution in [0.25, 0.3) is 0 Å². The van der Waals surface area contributed by atoms with Crippen LogP contribution in [0.5, 0.6) is 0 Å². The molecular formula is C16H27N5O3S2. The van der Waals surface area contributed by atoms with Crippen LogP contribution in [-0.4, -0.2) is 78.5 Å². The Labute approximate surface area is 159 Å². The molecule has 1 aromatic rings. The third-order valence-electron chi connectivity index (χ3n) is 5.05. The second kappa shape index (κ2) is 8.20. The highest BCUT2D eigenvalue weighted by Crippen LogP contribution is 2.26. The van der Waals surface area contributed by atoms with E-state index in [1.54, 1.807) is 16.3 Å². The van der Waals surface area contributed by atoms with Crippen LogP contribution < -0.4 is 5.32 Å². The molecule has 0 unspecified atom stereocenters. The summed E-state index contributed by atoms with van der Waals surface area (Å²) < 4.78 is 33.2. The zero-order chi connectivity index (χ0) is 18.7. The number of aryl methyl sites for hydroxylation is 1. The first-order valence-corrected chi connectivity index (χ1v) is 11.3. The quantitative estimate of drug-likeness (QED) is 0.824. The van der Waals surface area contributed by atoms with Crippen molar-refractivity contribution in [2.24, 2.45) is 0 Å². The van der Waals surface area contributed by atoms with Crippen molar-refractivity contribution in [2.75, 3.05) is 51.6 Å². The minimum Gasteiger partial charge on any atom is -0.378 e. The van der Waals surface area contributed by atoms with Crippen LogP contribution in [0, 0.1) is 6.92 Å². The van der Waals surface area contributed by atoms with E-state index >= 15 is 0 Å². The van der Waals surface area contributed by atoms with Gasteiger partial charge in [-0.25, -0.2) is 0 Å². The molecule has 0 aliphatic carbocycles. The van der Waals surface area contributed by atoms with Crippen molar-refractivity contribution in [3.63, 3.8) is 0 Å². The number of aromatic nitrogens is 1. The van der Waals surface area contributed by atoms with Gasteiger partial charge in [-0.15, -0.1) is 0 Å². The van der Waals surface area contributed by atoms with E-state index in [1.807, 2.05) is 6.92 Å². The molecule has 146 valence electrons. The number of anilines is 1. The summed E-state index contributed by atoms with van der Waals surface area (Å²) in [7, 11) is -1.65. The Kier molecular flexibility index (Phi) is 6.16. The second-order valence-corrected chi connectivity index (χ2v) is 9.44. The summed E-state index contributed by atoms with van der Waals surface area (Å²) in [4.78, 5) is 14.6. The molecule has 0 atom stereocenters. The van der Waals surface area contributed by atoms with Crippen molar-refractivity contribution in [1.29, 1.82) is 0 Å². The van der Waals surface area contributed by atoms with Gasteiger partial charge in [-0.3, -0.25) is 4.79 Å². The van der Waals surface area contributed by atoms with E-state index in [9.17, 15) is 13.2 Å². The summed E-state index contributed by atoms with van der Waals surface area (Å²) >= 11 is 1.27. The number of hydrogen-bond donors (Lipinski definition) is 1. The van der Waals surface area contributed by atoms with Gasteiger partial charge in [-0.05, 0) is 31.3 Å². The molecule has 10 heteroatoms. The highest BCUT2D eigenvalue weighted by molar-refractivity contribution is 7.86. The third-order valence-corrected chi connectivity index (χ3v) is 8.04. The largest absolute Gasteiger partial charge is 0.378 e. The molecule has 0 radical (unpaired) electrons. The SMILES string of the molecule is CNc1snc(C)c1C(=O)N1CCN(S(=O)(=O)N2CCCCCC2)CC1. The Balaban J connectivity index is 1.65. The van der Waals surface area contributed by atoms with Gasteiger partial charge in [-0.1, -0.05) is 12.8 Å². The molecule has 3 heterocycles. The first-order chi connectivity index (χ1) is 12.4. The number of amides is 1. The number of hydrogen-bond acceptors (Lipinski definition) is 6. The first-order valence-electron chi connectivity index (χ1n) is 9.13. The molecule has 1 aromatic heterocycles. The summed E-state index contributed by atoms with van der Waals surface area (Å²) in [6, 6.07) is 0. The average Bonchev–Trinajstić information content (AvgIpc) is 2.85. The molecule has 0 spiro atoms. The lowest BCUT2D eigenvalue weighted by atomic mass is 10.2. The molecule has 1 amide bonds. The first kappa shape index (κ1) is 19.5. The van der Waals surface area contributed by atoms with E-state index in [1.165, 1.54) is 15.8 Å². The van der Waals surface area contributed by atoms with Gasteiger partial charge in [0.2, 0.25) is 0 Å². The molecule has 2 saturated heterocycles. The van der Waals surface area contributed by atoms with Gasteiger partial charge in [-0.2, -0.15) is 21.4 Å². The number of carbonyl (C=O) groups excluding carboxylic acids is 1. The maximum Gasteiger partial charge on any atom is 0.282 e. The molecule has 2 fully saturated rings. The van der Waals surface area contributed by atoms with E-state index in [-0.39, 0.29) is 5.91 Å². The van der Waals surface area contributed by atoms with Gasteiger partial charge in [0.05, 0.1) is 11.3 Å². The van der Waals surface area contributed by atoms with Crippen molar-refractivity contribution in [2.45, 2.75) is 32.6 Å². The predicted octanol–water partition coefficient (Wildman–Crippen LogP) is 1.37. The molecule has 1 N–H and O–H groups in total. The second-order valence-electron chi connectivity index (χ2n) is 6.73. The minimum absolute atomic E-state index is 0.0765. The third kappa shape index (κ3) is 3.88. The van der Waals surface area contributed by atoms with Crippen molar-refractivity contribution < 1.29 is 13.2 Å². The van der Waals surface area contributed by atoms with Gasteiger partial charge < -0.3 is 10.2 Å². The summed E-state index contributed by atoms with van der Waals surface area (Å²) in [5.74, 6) is -0.0765. The Morgan fingerprint density at radius 2 is 1.58 bits per heavy atom. The van der Waals surface area contributed by atoms with Crippen LogP contribution >= 0.6 is 11.5 Å². The molecule has 3 rings (SSSR count). The predicted molar refractivity (Wildman–Crippen MR) is 103 cm³/mol.